The Labute approximate surface area is 96.9 Å². The van der Waals surface area contributed by atoms with Gasteiger partial charge in [0.2, 0.25) is 0 Å². The van der Waals surface area contributed by atoms with Gasteiger partial charge >= 0.3 is 0 Å². The van der Waals surface area contributed by atoms with Gasteiger partial charge in [0.15, 0.2) is 5.17 Å². The minimum Gasteiger partial charge on any atom is -0.388 e. The van der Waals surface area contributed by atoms with Crippen LogP contribution >= 0.6 is 23.4 Å². The summed E-state index contributed by atoms with van der Waals surface area (Å²) in [5.74, 6) is 0.167. The lowest BCUT2D eigenvalue weighted by atomic mass is 9.99. The Morgan fingerprint density at radius 1 is 1.53 bits per heavy atom. The number of aliphatic hydroxyl groups is 2. The van der Waals surface area contributed by atoms with E-state index in [2.05, 4.69) is 10.3 Å². The summed E-state index contributed by atoms with van der Waals surface area (Å²) in [6, 6.07) is -0.317. The fourth-order valence-corrected chi connectivity index (χ4v) is 3.08. The van der Waals surface area contributed by atoms with Crippen LogP contribution in [0.15, 0.2) is 4.99 Å². The van der Waals surface area contributed by atoms with Crippen LogP contribution in [0.1, 0.15) is 0 Å². The predicted octanol–water partition coefficient (Wildman–Crippen LogP) is -0.637. The summed E-state index contributed by atoms with van der Waals surface area (Å²) in [6.07, 6.45) is -2.35. The number of nitrogens with zero attached hydrogens (tertiary/aromatic N) is 1. The van der Waals surface area contributed by atoms with Crippen LogP contribution in [0.25, 0.3) is 0 Å². The van der Waals surface area contributed by atoms with Crippen LogP contribution in [-0.2, 0) is 4.74 Å². The summed E-state index contributed by atoms with van der Waals surface area (Å²) < 4.78 is 5.55. The number of thioether (sulfide) groups is 1. The van der Waals surface area contributed by atoms with Crippen molar-refractivity contribution in [2.24, 2.45) is 4.99 Å². The van der Waals surface area contributed by atoms with Crippen LogP contribution in [-0.4, -0.2) is 58.1 Å². The first-order valence-electron chi connectivity index (χ1n) is 4.65. The van der Waals surface area contributed by atoms with E-state index in [1.54, 1.807) is 7.05 Å². The van der Waals surface area contributed by atoms with E-state index in [-0.39, 0.29) is 17.4 Å². The molecule has 0 amide bonds. The van der Waals surface area contributed by atoms with Gasteiger partial charge < -0.3 is 20.3 Å². The summed E-state index contributed by atoms with van der Waals surface area (Å²) in [4.78, 5) is 3.98. The highest BCUT2D eigenvalue weighted by molar-refractivity contribution is 8.14. The number of halogens is 1. The first kappa shape index (κ1) is 11.5. The van der Waals surface area contributed by atoms with Gasteiger partial charge in [-0.3, -0.25) is 4.99 Å². The van der Waals surface area contributed by atoms with Gasteiger partial charge in [0.25, 0.3) is 0 Å². The third-order valence-electron chi connectivity index (χ3n) is 2.57. The first-order chi connectivity index (χ1) is 7.17. The van der Waals surface area contributed by atoms with Gasteiger partial charge in [-0.25, -0.2) is 0 Å². The fraction of sp³-hybridized carbons (Fsp3) is 0.875. The Bertz CT molecular complexity index is 279. The molecule has 0 aromatic heterocycles. The van der Waals surface area contributed by atoms with Gasteiger partial charge in [-0.2, -0.15) is 0 Å². The molecule has 0 aliphatic carbocycles. The lowest BCUT2D eigenvalue weighted by Gasteiger charge is -2.38. The van der Waals surface area contributed by atoms with E-state index in [1.807, 2.05) is 0 Å². The lowest BCUT2D eigenvalue weighted by molar-refractivity contribution is -0.147. The monoisotopic (exact) mass is 252 g/mol. The third-order valence-corrected chi connectivity index (χ3v) is 4.04. The highest BCUT2D eigenvalue weighted by Crippen LogP contribution is 2.33. The molecular weight excluding hydrogens is 240 g/mol. The minimum absolute atomic E-state index is 0.167. The van der Waals surface area contributed by atoms with Crippen molar-refractivity contribution in [3.05, 3.63) is 0 Å². The SMILES string of the molecule is CN=C1N[C@H]2[C@H](O[C@H](CCl)C(O)[C@@H]2O)S1. The minimum atomic E-state index is -0.951. The van der Waals surface area contributed by atoms with Crippen LogP contribution in [0, 0.1) is 0 Å². The third kappa shape index (κ3) is 1.97. The van der Waals surface area contributed by atoms with E-state index >= 15 is 0 Å². The van der Waals surface area contributed by atoms with Crippen LogP contribution in [0.4, 0.5) is 0 Å². The number of amidine groups is 1. The summed E-state index contributed by atoms with van der Waals surface area (Å²) in [6.45, 7) is 0. The van der Waals surface area contributed by atoms with Crippen molar-refractivity contribution in [1.29, 1.82) is 0 Å². The Morgan fingerprint density at radius 3 is 2.87 bits per heavy atom. The topological polar surface area (TPSA) is 74.1 Å². The van der Waals surface area contributed by atoms with Crippen molar-refractivity contribution in [2.75, 3.05) is 12.9 Å². The first-order valence-corrected chi connectivity index (χ1v) is 6.06. The molecule has 86 valence electrons. The Balaban J connectivity index is 2.13. The van der Waals surface area contributed by atoms with Crippen LogP contribution in [0.5, 0.6) is 0 Å². The van der Waals surface area contributed by atoms with Gasteiger partial charge in [-0.1, -0.05) is 11.8 Å². The highest BCUT2D eigenvalue weighted by Gasteiger charge is 2.48. The van der Waals surface area contributed by atoms with Crippen molar-refractivity contribution in [3.63, 3.8) is 0 Å². The molecule has 5 atom stereocenters. The van der Waals surface area contributed by atoms with E-state index in [1.165, 1.54) is 11.8 Å². The molecule has 0 bridgehead atoms. The molecule has 5 nitrogen and oxygen atoms in total. The van der Waals surface area contributed by atoms with E-state index in [0.717, 1.165) is 0 Å². The number of aliphatic hydroxyl groups excluding tert-OH is 2. The predicted molar refractivity (Wildman–Crippen MR) is 59.3 cm³/mol. The van der Waals surface area contributed by atoms with Crippen molar-refractivity contribution < 1.29 is 14.9 Å². The van der Waals surface area contributed by atoms with E-state index < -0.39 is 18.3 Å². The zero-order valence-electron chi connectivity index (χ0n) is 8.13. The number of alkyl halides is 1. The van der Waals surface area contributed by atoms with E-state index in [0.29, 0.717) is 5.17 Å². The van der Waals surface area contributed by atoms with Crippen molar-refractivity contribution in [1.82, 2.24) is 5.32 Å². The number of aliphatic imine (C=N–C) groups is 1. The van der Waals surface area contributed by atoms with Crippen molar-refractivity contribution in [3.8, 4) is 0 Å². The zero-order valence-corrected chi connectivity index (χ0v) is 9.70. The largest absolute Gasteiger partial charge is 0.388 e. The maximum absolute atomic E-state index is 9.84. The summed E-state index contributed by atoms with van der Waals surface area (Å²) in [7, 11) is 1.66. The van der Waals surface area contributed by atoms with Gasteiger partial charge in [0.1, 0.15) is 23.7 Å². The molecule has 2 fully saturated rings. The molecule has 2 heterocycles. The summed E-state index contributed by atoms with van der Waals surface area (Å²) in [5.41, 5.74) is -0.231. The molecule has 0 radical (unpaired) electrons. The molecule has 0 aromatic rings. The molecule has 7 heteroatoms. The normalized spacial score (nSPS) is 47.7. The van der Waals surface area contributed by atoms with Crippen molar-refractivity contribution >= 4 is 28.5 Å². The molecule has 0 spiro atoms. The van der Waals surface area contributed by atoms with Gasteiger partial charge in [0.05, 0.1) is 11.9 Å². The van der Waals surface area contributed by atoms with Gasteiger partial charge in [-0.05, 0) is 0 Å². The Morgan fingerprint density at radius 2 is 2.27 bits per heavy atom. The molecule has 2 rings (SSSR count). The molecule has 15 heavy (non-hydrogen) atoms. The Kier molecular flexibility index (Phi) is 3.42. The number of rotatable bonds is 1. The van der Waals surface area contributed by atoms with E-state index in [9.17, 15) is 10.2 Å². The molecule has 2 saturated heterocycles. The number of ether oxygens (including phenoxy) is 1. The smallest absolute Gasteiger partial charge is 0.159 e. The second-order valence-electron chi connectivity index (χ2n) is 3.50. The Hall–Kier alpha value is -0.0100. The maximum Gasteiger partial charge on any atom is 0.159 e. The molecule has 0 saturated carbocycles. The molecule has 2 aliphatic heterocycles. The maximum atomic E-state index is 9.84. The number of hydrogen-bond acceptors (Lipinski definition) is 5. The fourth-order valence-electron chi connectivity index (χ4n) is 1.72. The van der Waals surface area contributed by atoms with E-state index in [4.69, 9.17) is 16.3 Å². The number of nitrogens with one attached hydrogen (secondary N) is 1. The number of hydrogen-bond donors (Lipinski definition) is 3. The van der Waals surface area contributed by atoms with Crippen LogP contribution in [0.2, 0.25) is 0 Å². The van der Waals surface area contributed by atoms with Crippen LogP contribution < -0.4 is 5.32 Å². The molecule has 3 N–H and O–H groups in total. The molecule has 2 aliphatic rings. The molecule has 1 unspecified atom stereocenters. The van der Waals surface area contributed by atoms with Crippen molar-refractivity contribution in [2.45, 2.75) is 29.8 Å². The van der Waals surface area contributed by atoms with Gasteiger partial charge in [0, 0.05) is 7.05 Å². The second kappa shape index (κ2) is 4.47. The summed E-state index contributed by atoms with van der Waals surface area (Å²) >= 11 is 7.05. The van der Waals surface area contributed by atoms with Gasteiger partial charge in [-0.15, -0.1) is 11.6 Å². The molecule has 0 aromatic carbocycles. The quantitative estimate of drug-likeness (QED) is 0.542. The lowest BCUT2D eigenvalue weighted by Crippen LogP contribution is -2.59. The highest BCUT2D eigenvalue weighted by atomic mass is 35.5. The average Bonchev–Trinajstić information content (AvgIpc) is 2.66. The zero-order chi connectivity index (χ0) is 11.0. The second-order valence-corrected chi connectivity index (χ2v) is 4.89. The van der Waals surface area contributed by atoms with Crippen LogP contribution in [0.3, 0.4) is 0 Å². The number of fused-ring (bicyclic) bond motifs is 1. The average molecular weight is 253 g/mol. The standard InChI is InChI=1S/C8H13ClN2O3S/c1-10-8-11-4-6(13)5(12)3(2-9)14-7(4)15-8/h3-7,12-13H,2H2,1H3,(H,10,11)/t3-,4-,5?,6-,7-/m1/s1. The molecular formula is C8H13ClN2O3S. The summed E-state index contributed by atoms with van der Waals surface area (Å²) in [5, 5.41) is 23.3.